The van der Waals surface area contributed by atoms with Crippen molar-refractivity contribution < 1.29 is 31.1 Å². The van der Waals surface area contributed by atoms with Crippen LogP contribution in [0.1, 0.15) is 21.7 Å². The SMILES string of the molecule is COC(=O)c1[nH]c(C)cc1NS(=O)(=O)c1ccc(C(F)(F)F)cc1. The third-order valence-corrected chi connectivity index (χ3v) is 4.46. The van der Waals surface area contributed by atoms with Gasteiger partial charge in [-0.3, -0.25) is 4.72 Å². The molecule has 24 heavy (non-hydrogen) atoms. The lowest BCUT2D eigenvalue weighted by Crippen LogP contribution is -2.16. The van der Waals surface area contributed by atoms with E-state index in [1.807, 2.05) is 0 Å². The van der Waals surface area contributed by atoms with Gasteiger partial charge in [-0.25, -0.2) is 13.2 Å². The zero-order valence-corrected chi connectivity index (χ0v) is 13.4. The Balaban J connectivity index is 2.34. The van der Waals surface area contributed by atoms with Gasteiger partial charge in [0.1, 0.15) is 5.69 Å². The van der Waals surface area contributed by atoms with Crippen LogP contribution < -0.4 is 4.72 Å². The van der Waals surface area contributed by atoms with Crippen molar-refractivity contribution in [2.75, 3.05) is 11.8 Å². The molecule has 6 nitrogen and oxygen atoms in total. The molecule has 130 valence electrons. The lowest BCUT2D eigenvalue weighted by atomic mass is 10.2. The summed E-state index contributed by atoms with van der Waals surface area (Å²) in [5.41, 5.74) is -0.626. The highest BCUT2D eigenvalue weighted by molar-refractivity contribution is 7.92. The number of nitrogens with one attached hydrogen (secondary N) is 2. The van der Waals surface area contributed by atoms with E-state index in [-0.39, 0.29) is 16.3 Å². The van der Waals surface area contributed by atoms with Gasteiger partial charge in [0.2, 0.25) is 0 Å². The first-order valence-corrected chi connectivity index (χ1v) is 8.01. The van der Waals surface area contributed by atoms with E-state index in [0.29, 0.717) is 17.8 Å². The van der Waals surface area contributed by atoms with Gasteiger partial charge >= 0.3 is 12.1 Å². The minimum Gasteiger partial charge on any atom is -0.464 e. The number of carbonyl (C=O) groups excluding carboxylic acids is 1. The summed E-state index contributed by atoms with van der Waals surface area (Å²) < 4.78 is 68.8. The van der Waals surface area contributed by atoms with E-state index in [4.69, 9.17) is 0 Å². The second-order valence-corrected chi connectivity index (χ2v) is 6.54. The topological polar surface area (TPSA) is 88.3 Å². The molecule has 0 aliphatic heterocycles. The largest absolute Gasteiger partial charge is 0.464 e. The Morgan fingerprint density at radius 2 is 1.79 bits per heavy atom. The maximum Gasteiger partial charge on any atom is 0.416 e. The number of aromatic nitrogens is 1. The summed E-state index contributed by atoms with van der Waals surface area (Å²) in [5, 5.41) is 0. The maximum atomic E-state index is 12.5. The second kappa shape index (κ2) is 6.19. The summed E-state index contributed by atoms with van der Waals surface area (Å²) >= 11 is 0. The van der Waals surface area contributed by atoms with E-state index in [9.17, 15) is 26.4 Å². The predicted octanol–water partition coefficient (Wildman–Crippen LogP) is 2.93. The van der Waals surface area contributed by atoms with E-state index in [1.165, 1.54) is 6.07 Å². The average molecular weight is 362 g/mol. The van der Waals surface area contributed by atoms with Gasteiger partial charge in [0, 0.05) is 5.69 Å². The van der Waals surface area contributed by atoms with Crippen molar-refractivity contribution in [3.05, 3.63) is 47.3 Å². The molecule has 0 bridgehead atoms. The number of alkyl halides is 3. The third kappa shape index (κ3) is 3.70. The fourth-order valence-electron chi connectivity index (χ4n) is 1.96. The standard InChI is InChI=1S/C14H13F3N2O4S/c1-8-7-11(12(18-8)13(20)23-2)19-24(21,22)10-5-3-9(4-6-10)14(15,16)17/h3-7,18-19H,1-2H3. The monoisotopic (exact) mass is 362 g/mol. The van der Waals surface area contributed by atoms with Crippen molar-refractivity contribution >= 4 is 21.7 Å². The van der Waals surface area contributed by atoms with E-state index >= 15 is 0 Å². The molecule has 1 aromatic heterocycles. The number of halogens is 3. The van der Waals surface area contributed by atoms with Crippen LogP contribution in [0.2, 0.25) is 0 Å². The van der Waals surface area contributed by atoms with Crippen molar-refractivity contribution in [2.45, 2.75) is 18.0 Å². The van der Waals surface area contributed by atoms with Gasteiger partial charge in [0.25, 0.3) is 10.0 Å². The van der Waals surface area contributed by atoms with E-state index < -0.39 is 27.7 Å². The molecule has 0 saturated carbocycles. The number of hydrogen-bond donors (Lipinski definition) is 2. The first kappa shape index (κ1) is 17.9. The Morgan fingerprint density at radius 3 is 2.29 bits per heavy atom. The van der Waals surface area contributed by atoms with Crippen LogP contribution in [0.25, 0.3) is 0 Å². The van der Waals surface area contributed by atoms with E-state index in [1.54, 1.807) is 6.92 Å². The Hall–Kier alpha value is -2.49. The zero-order chi connectivity index (χ0) is 18.1. The van der Waals surface area contributed by atoms with Crippen molar-refractivity contribution in [1.82, 2.24) is 4.98 Å². The van der Waals surface area contributed by atoms with Crippen LogP contribution in [0.3, 0.4) is 0 Å². The quantitative estimate of drug-likeness (QED) is 0.819. The highest BCUT2D eigenvalue weighted by atomic mass is 32.2. The number of methoxy groups -OCH3 is 1. The van der Waals surface area contributed by atoms with Crippen molar-refractivity contribution in [3.63, 3.8) is 0 Å². The van der Waals surface area contributed by atoms with Gasteiger partial charge in [0.15, 0.2) is 0 Å². The number of aryl methyl sites for hydroxylation is 1. The molecule has 0 atom stereocenters. The Labute approximate surface area is 135 Å². The average Bonchev–Trinajstić information content (AvgIpc) is 2.85. The number of sulfonamides is 1. The molecule has 2 aromatic rings. The Bertz CT molecular complexity index is 855. The molecule has 0 aliphatic carbocycles. The van der Waals surface area contributed by atoms with E-state index in [2.05, 4.69) is 14.4 Å². The summed E-state index contributed by atoms with van der Waals surface area (Å²) in [6, 6.07) is 4.37. The summed E-state index contributed by atoms with van der Waals surface area (Å²) in [4.78, 5) is 13.9. The molecule has 0 spiro atoms. The number of benzene rings is 1. The molecular formula is C14H13F3N2O4S. The smallest absolute Gasteiger partial charge is 0.416 e. The number of ether oxygens (including phenoxy) is 1. The highest BCUT2D eigenvalue weighted by Gasteiger charge is 2.31. The van der Waals surface area contributed by atoms with Gasteiger partial charge in [-0.05, 0) is 37.3 Å². The fourth-order valence-corrected chi connectivity index (χ4v) is 3.02. The molecule has 0 fully saturated rings. The van der Waals surface area contributed by atoms with Gasteiger partial charge < -0.3 is 9.72 Å². The Kier molecular flexibility index (Phi) is 4.61. The predicted molar refractivity (Wildman–Crippen MR) is 79.1 cm³/mol. The number of hydrogen-bond acceptors (Lipinski definition) is 4. The van der Waals surface area contributed by atoms with Gasteiger partial charge in [0.05, 0.1) is 23.3 Å². The molecule has 0 saturated heterocycles. The van der Waals surface area contributed by atoms with Crippen LogP contribution in [0.4, 0.5) is 18.9 Å². The highest BCUT2D eigenvalue weighted by Crippen LogP contribution is 2.30. The van der Waals surface area contributed by atoms with Crippen LogP contribution in [0, 0.1) is 6.92 Å². The van der Waals surface area contributed by atoms with Crippen molar-refractivity contribution in [3.8, 4) is 0 Å². The maximum absolute atomic E-state index is 12.5. The summed E-state index contributed by atoms with van der Waals surface area (Å²) in [5.74, 6) is -0.784. The molecule has 0 amide bonds. The number of aromatic amines is 1. The minimum absolute atomic E-state index is 0.0563. The first-order valence-electron chi connectivity index (χ1n) is 6.52. The molecule has 0 unspecified atom stereocenters. The third-order valence-electron chi connectivity index (χ3n) is 3.08. The van der Waals surface area contributed by atoms with Crippen molar-refractivity contribution in [1.29, 1.82) is 0 Å². The van der Waals surface area contributed by atoms with Gasteiger partial charge in [-0.2, -0.15) is 13.2 Å². The summed E-state index contributed by atoms with van der Waals surface area (Å²) in [6.07, 6.45) is -4.56. The van der Waals surface area contributed by atoms with Crippen LogP contribution in [-0.2, 0) is 20.9 Å². The second-order valence-electron chi connectivity index (χ2n) is 4.86. The molecule has 0 radical (unpaired) electrons. The number of rotatable bonds is 4. The zero-order valence-electron chi connectivity index (χ0n) is 12.6. The Morgan fingerprint density at radius 1 is 1.21 bits per heavy atom. The van der Waals surface area contributed by atoms with Crippen molar-refractivity contribution in [2.24, 2.45) is 0 Å². The van der Waals surface area contributed by atoms with Crippen LogP contribution in [-0.4, -0.2) is 26.5 Å². The molecular weight excluding hydrogens is 349 g/mol. The molecule has 1 aromatic carbocycles. The van der Waals surface area contributed by atoms with E-state index in [0.717, 1.165) is 19.2 Å². The lowest BCUT2D eigenvalue weighted by molar-refractivity contribution is -0.137. The molecule has 0 aliphatic rings. The fraction of sp³-hybridized carbons (Fsp3) is 0.214. The molecule has 1 heterocycles. The van der Waals surface area contributed by atoms with Crippen LogP contribution in [0.5, 0.6) is 0 Å². The number of H-pyrrole nitrogens is 1. The summed E-state index contributed by atoms with van der Waals surface area (Å²) in [7, 11) is -3.04. The summed E-state index contributed by atoms with van der Waals surface area (Å²) in [6.45, 7) is 1.60. The van der Waals surface area contributed by atoms with Crippen LogP contribution in [0.15, 0.2) is 35.2 Å². The van der Waals surface area contributed by atoms with Gasteiger partial charge in [-0.15, -0.1) is 0 Å². The first-order chi connectivity index (χ1) is 11.0. The number of esters is 1. The number of carbonyl (C=O) groups is 1. The normalized spacial score (nSPS) is 12.0. The van der Waals surface area contributed by atoms with Gasteiger partial charge in [-0.1, -0.05) is 0 Å². The molecule has 2 N–H and O–H groups in total. The number of anilines is 1. The lowest BCUT2D eigenvalue weighted by Gasteiger charge is -2.10. The van der Waals surface area contributed by atoms with Crippen LogP contribution >= 0.6 is 0 Å². The molecule has 2 rings (SSSR count). The minimum atomic E-state index is -4.56. The molecule has 10 heteroatoms.